The largest absolute Gasteiger partial charge is 0.273 e. The average Bonchev–Trinajstić information content (AvgIpc) is 3.51. The lowest BCUT2D eigenvalue weighted by Crippen LogP contribution is -2.27. The molecule has 2 aromatic carbocycles. The summed E-state index contributed by atoms with van der Waals surface area (Å²) in [6, 6.07) is 20.7. The number of carbonyl (C=O) groups excluding carboxylic acids is 1. The zero-order valence-corrected chi connectivity index (χ0v) is 17.2. The molecular formula is C26H28N2O. The molecule has 2 atom stereocenters. The van der Waals surface area contributed by atoms with E-state index in [9.17, 15) is 4.79 Å². The first-order chi connectivity index (χ1) is 14.0. The van der Waals surface area contributed by atoms with Gasteiger partial charge in [-0.05, 0) is 55.7 Å². The van der Waals surface area contributed by atoms with Gasteiger partial charge in [0.05, 0.1) is 11.6 Å². The van der Waals surface area contributed by atoms with E-state index in [1.54, 1.807) is 0 Å². The molecule has 0 heterocycles. The van der Waals surface area contributed by atoms with Crippen LogP contribution in [0.5, 0.6) is 0 Å². The zero-order valence-electron chi connectivity index (χ0n) is 17.2. The van der Waals surface area contributed by atoms with Gasteiger partial charge in [0.15, 0.2) is 0 Å². The number of hydrogen-bond acceptors (Lipinski definition) is 2. The van der Waals surface area contributed by atoms with E-state index >= 15 is 0 Å². The highest BCUT2D eigenvalue weighted by molar-refractivity contribution is 6.01. The first kappa shape index (κ1) is 19.4. The molecule has 1 N–H and O–H groups in total. The Morgan fingerprint density at radius 1 is 1.07 bits per heavy atom. The summed E-state index contributed by atoms with van der Waals surface area (Å²) in [7, 11) is 0. The van der Waals surface area contributed by atoms with Crippen LogP contribution in [0, 0.1) is 11.8 Å². The third kappa shape index (κ3) is 3.69. The normalized spacial score (nSPS) is 23.9. The minimum Gasteiger partial charge on any atom is -0.273 e. The maximum atomic E-state index is 13.1. The highest BCUT2D eigenvalue weighted by atomic mass is 16.2. The Labute approximate surface area is 173 Å². The van der Waals surface area contributed by atoms with Crippen LogP contribution in [0.15, 0.2) is 89.6 Å². The Kier molecular flexibility index (Phi) is 5.23. The van der Waals surface area contributed by atoms with Crippen molar-refractivity contribution in [2.45, 2.75) is 38.5 Å². The molecule has 0 aromatic heterocycles. The Morgan fingerprint density at radius 3 is 2.21 bits per heavy atom. The first-order valence-corrected chi connectivity index (χ1v) is 10.3. The lowest BCUT2D eigenvalue weighted by molar-refractivity contribution is -0.122. The van der Waals surface area contributed by atoms with E-state index in [0.29, 0.717) is 5.92 Å². The van der Waals surface area contributed by atoms with Gasteiger partial charge in [0, 0.05) is 5.41 Å². The van der Waals surface area contributed by atoms with Gasteiger partial charge in [-0.2, -0.15) is 5.10 Å². The summed E-state index contributed by atoms with van der Waals surface area (Å²) in [6.07, 6.45) is 4.84. The quantitative estimate of drug-likeness (QED) is 0.544. The maximum Gasteiger partial charge on any atom is 0.244 e. The summed E-state index contributed by atoms with van der Waals surface area (Å²) >= 11 is 0. The summed E-state index contributed by atoms with van der Waals surface area (Å²) in [5.41, 5.74) is 8.28. The van der Waals surface area contributed by atoms with E-state index in [1.807, 2.05) is 36.4 Å². The first-order valence-electron chi connectivity index (χ1n) is 10.3. The van der Waals surface area contributed by atoms with Crippen LogP contribution in [0.2, 0.25) is 0 Å². The average molecular weight is 385 g/mol. The second-order valence-electron chi connectivity index (χ2n) is 8.36. The van der Waals surface area contributed by atoms with Crippen LogP contribution in [0.4, 0.5) is 0 Å². The maximum absolute atomic E-state index is 13.1. The van der Waals surface area contributed by atoms with E-state index in [2.05, 4.69) is 61.3 Å². The smallest absolute Gasteiger partial charge is 0.244 e. The van der Waals surface area contributed by atoms with Gasteiger partial charge in [-0.1, -0.05) is 78.9 Å². The number of carbonyl (C=O) groups is 1. The predicted molar refractivity (Wildman–Crippen MR) is 119 cm³/mol. The predicted octanol–water partition coefficient (Wildman–Crippen LogP) is 5.40. The number of allylic oxidation sites excluding steroid dienone is 3. The third-order valence-electron chi connectivity index (χ3n) is 6.46. The Hall–Kier alpha value is -2.94. The molecule has 0 saturated heterocycles. The van der Waals surface area contributed by atoms with Crippen LogP contribution < -0.4 is 5.43 Å². The fourth-order valence-corrected chi connectivity index (χ4v) is 4.48. The van der Waals surface area contributed by atoms with E-state index in [0.717, 1.165) is 30.5 Å². The van der Waals surface area contributed by atoms with E-state index < -0.39 is 0 Å². The van der Waals surface area contributed by atoms with Crippen molar-refractivity contribution in [3.05, 3.63) is 95.6 Å². The lowest BCUT2D eigenvalue weighted by Gasteiger charge is -2.22. The molecule has 4 rings (SSSR count). The van der Waals surface area contributed by atoms with Gasteiger partial charge in [0.25, 0.3) is 0 Å². The molecule has 2 aliphatic carbocycles. The molecule has 1 saturated carbocycles. The van der Waals surface area contributed by atoms with Crippen molar-refractivity contribution in [1.29, 1.82) is 0 Å². The summed E-state index contributed by atoms with van der Waals surface area (Å²) in [4.78, 5) is 13.1. The molecular weight excluding hydrogens is 356 g/mol. The molecule has 0 aliphatic heterocycles. The zero-order chi connectivity index (χ0) is 20.4. The fourth-order valence-electron chi connectivity index (χ4n) is 4.48. The molecule has 3 nitrogen and oxygen atoms in total. The van der Waals surface area contributed by atoms with E-state index in [4.69, 9.17) is 0 Å². The van der Waals surface area contributed by atoms with Crippen LogP contribution in [-0.2, 0) is 10.2 Å². The monoisotopic (exact) mass is 384 g/mol. The lowest BCUT2D eigenvalue weighted by atomic mass is 9.85. The molecule has 29 heavy (non-hydrogen) atoms. The van der Waals surface area contributed by atoms with Crippen molar-refractivity contribution < 1.29 is 4.79 Å². The second-order valence-corrected chi connectivity index (χ2v) is 8.36. The van der Waals surface area contributed by atoms with Gasteiger partial charge in [0.2, 0.25) is 5.91 Å². The van der Waals surface area contributed by atoms with Gasteiger partial charge in [0.1, 0.15) is 0 Å². The Balaban J connectivity index is 1.56. The number of nitrogens with one attached hydrogen (secondary N) is 1. The van der Waals surface area contributed by atoms with Gasteiger partial charge < -0.3 is 0 Å². The van der Waals surface area contributed by atoms with Crippen LogP contribution in [0.25, 0.3) is 0 Å². The van der Waals surface area contributed by atoms with Crippen molar-refractivity contribution in [1.82, 2.24) is 5.43 Å². The highest BCUT2D eigenvalue weighted by Crippen LogP contribution is 2.58. The highest BCUT2D eigenvalue weighted by Gasteiger charge is 2.60. The van der Waals surface area contributed by atoms with Crippen molar-refractivity contribution in [3.63, 3.8) is 0 Å². The molecule has 3 heteroatoms. The van der Waals surface area contributed by atoms with Crippen molar-refractivity contribution in [3.8, 4) is 0 Å². The molecule has 1 fully saturated rings. The molecule has 0 spiro atoms. The number of hydrogen-bond donors (Lipinski definition) is 1. The molecule has 1 amide bonds. The van der Waals surface area contributed by atoms with Gasteiger partial charge in [-0.3, -0.25) is 4.79 Å². The second kappa shape index (κ2) is 7.82. The van der Waals surface area contributed by atoms with Crippen molar-refractivity contribution in [2.24, 2.45) is 16.9 Å². The molecule has 2 aromatic rings. The number of nitrogens with zero attached hydrogens (tertiary/aromatic N) is 1. The van der Waals surface area contributed by atoms with E-state index in [1.165, 1.54) is 16.7 Å². The molecule has 148 valence electrons. The summed E-state index contributed by atoms with van der Waals surface area (Å²) in [6.45, 7) is 8.21. The SMILES string of the molecule is C=C(C)C1CC=C(C)/C(=N\NC(=O)C2CC2(c2ccccc2)c2ccccc2)C1. The number of amides is 1. The number of rotatable bonds is 5. The van der Waals surface area contributed by atoms with Crippen LogP contribution >= 0.6 is 0 Å². The fraction of sp³-hybridized carbons (Fsp3) is 0.308. The minimum absolute atomic E-state index is 0.00421. The van der Waals surface area contributed by atoms with Crippen LogP contribution in [-0.4, -0.2) is 11.6 Å². The summed E-state index contributed by atoms with van der Waals surface area (Å²) in [5.74, 6) is 0.292. The Bertz CT molecular complexity index is 933. The third-order valence-corrected chi connectivity index (χ3v) is 6.46. The summed E-state index contributed by atoms with van der Waals surface area (Å²) in [5, 5.41) is 4.52. The molecule has 0 radical (unpaired) electrons. The van der Waals surface area contributed by atoms with E-state index in [-0.39, 0.29) is 17.2 Å². The standard InChI is InChI=1S/C26H28N2O/c1-18(2)20-15-14-19(3)24(16-20)27-28-25(29)23-17-26(23,21-10-6-4-7-11-21)22-12-8-5-9-13-22/h4-14,20,23H,1,15-17H2,2-3H3,(H,28,29)/b27-24-. The minimum atomic E-state index is -0.259. The number of benzene rings is 2. The molecule has 0 bridgehead atoms. The molecule has 2 unspecified atom stereocenters. The molecule has 2 aliphatic rings. The van der Waals surface area contributed by atoms with Crippen LogP contribution in [0.1, 0.15) is 44.2 Å². The Morgan fingerprint density at radius 2 is 1.66 bits per heavy atom. The van der Waals surface area contributed by atoms with Gasteiger partial charge in [-0.25, -0.2) is 5.43 Å². The summed E-state index contributed by atoms with van der Waals surface area (Å²) < 4.78 is 0. The van der Waals surface area contributed by atoms with Gasteiger partial charge >= 0.3 is 0 Å². The van der Waals surface area contributed by atoms with Crippen molar-refractivity contribution in [2.75, 3.05) is 0 Å². The van der Waals surface area contributed by atoms with Gasteiger partial charge in [-0.15, -0.1) is 0 Å². The topological polar surface area (TPSA) is 41.5 Å². The van der Waals surface area contributed by atoms with Crippen LogP contribution in [0.3, 0.4) is 0 Å². The van der Waals surface area contributed by atoms with Crippen molar-refractivity contribution >= 4 is 11.6 Å². The number of hydrazone groups is 1.